The van der Waals surface area contributed by atoms with E-state index in [1.165, 1.54) is 0 Å². The first-order chi connectivity index (χ1) is 10.7. The Kier molecular flexibility index (Phi) is 5.70. The fraction of sp³-hybridized carbons (Fsp3) is 0.235. The van der Waals surface area contributed by atoms with Crippen molar-refractivity contribution in [3.63, 3.8) is 0 Å². The Morgan fingerprint density at radius 1 is 1.23 bits per heavy atom. The molecule has 0 aliphatic carbocycles. The molecule has 0 aliphatic heterocycles. The molecular weight excluding hydrogens is 296 g/mol. The van der Waals surface area contributed by atoms with Gasteiger partial charge in [-0.1, -0.05) is 0 Å². The summed E-state index contributed by atoms with van der Waals surface area (Å²) in [7, 11) is 1.87. The lowest BCUT2D eigenvalue weighted by Gasteiger charge is -2.19. The van der Waals surface area contributed by atoms with Crippen LogP contribution in [0.1, 0.15) is 5.56 Å². The third kappa shape index (κ3) is 3.94. The maximum atomic E-state index is 9.31. The van der Waals surface area contributed by atoms with Crippen molar-refractivity contribution in [3.05, 3.63) is 48.0 Å². The molecule has 0 radical (unpaired) electrons. The number of benzene rings is 2. The van der Waals surface area contributed by atoms with Crippen LogP contribution in [-0.2, 0) is 0 Å². The summed E-state index contributed by atoms with van der Waals surface area (Å²) in [6.45, 7) is 0.583. The summed E-state index contributed by atoms with van der Waals surface area (Å²) in [6, 6.07) is 15.3. The van der Waals surface area contributed by atoms with Crippen LogP contribution in [0.2, 0.25) is 0 Å². The van der Waals surface area contributed by atoms with Crippen molar-refractivity contribution in [2.45, 2.75) is 4.90 Å². The predicted octanol–water partition coefficient (Wildman–Crippen LogP) is 3.50. The normalized spacial score (nSPS) is 10.1. The van der Waals surface area contributed by atoms with E-state index in [1.54, 1.807) is 23.9 Å². The molecule has 0 heterocycles. The molecule has 1 N–H and O–H groups in total. The third-order valence-electron chi connectivity index (χ3n) is 3.25. The lowest BCUT2D eigenvalue weighted by molar-refractivity contribution is 0.304. The van der Waals surface area contributed by atoms with Crippen LogP contribution in [0, 0.1) is 11.3 Å². The van der Waals surface area contributed by atoms with Crippen LogP contribution in [0.5, 0.6) is 11.5 Å². The minimum atomic E-state index is 0.0679. The second-order valence-electron chi connectivity index (χ2n) is 4.72. The van der Waals surface area contributed by atoms with Crippen LogP contribution >= 0.6 is 11.8 Å². The van der Waals surface area contributed by atoms with E-state index in [-0.39, 0.29) is 6.61 Å². The van der Waals surface area contributed by atoms with Crippen molar-refractivity contribution in [3.8, 4) is 17.6 Å². The van der Waals surface area contributed by atoms with Gasteiger partial charge in [0.05, 0.1) is 12.2 Å². The van der Waals surface area contributed by atoms with Crippen LogP contribution in [0.4, 0.5) is 5.69 Å². The molecule has 2 aromatic carbocycles. The van der Waals surface area contributed by atoms with E-state index in [4.69, 9.17) is 9.84 Å². The van der Waals surface area contributed by atoms with Crippen molar-refractivity contribution in [1.29, 1.82) is 5.26 Å². The number of nitriles is 1. The Morgan fingerprint density at radius 2 is 1.95 bits per heavy atom. The van der Waals surface area contributed by atoms with Gasteiger partial charge in [0.1, 0.15) is 17.6 Å². The number of nitrogens with zero attached hydrogens (tertiary/aromatic N) is 2. The van der Waals surface area contributed by atoms with Crippen molar-refractivity contribution >= 4 is 17.4 Å². The molecule has 5 heteroatoms. The summed E-state index contributed by atoms with van der Waals surface area (Å²) in [4.78, 5) is 3.05. The molecule has 2 aromatic rings. The molecule has 114 valence electrons. The Labute approximate surface area is 134 Å². The summed E-state index contributed by atoms with van der Waals surface area (Å²) >= 11 is 1.67. The van der Waals surface area contributed by atoms with Crippen LogP contribution < -0.4 is 9.64 Å². The van der Waals surface area contributed by atoms with Gasteiger partial charge in [-0.05, 0) is 48.7 Å². The molecule has 22 heavy (non-hydrogen) atoms. The van der Waals surface area contributed by atoms with Crippen molar-refractivity contribution < 1.29 is 9.84 Å². The molecule has 0 spiro atoms. The van der Waals surface area contributed by atoms with Gasteiger partial charge in [-0.15, -0.1) is 11.8 Å². The molecule has 4 nitrogen and oxygen atoms in total. The topological polar surface area (TPSA) is 56.5 Å². The van der Waals surface area contributed by atoms with Gasteiger partial charge in [-0.2, -0.15) is 5.26 Å². The number of hydrogen-bond acceptors (Lipinski definition) is 5. The smallest absolute Gasteiger partial charge is 0.145 e. The Hall–Kier alpha value is -2.16. The van der Waals surface area contributed by atoms with E-state index in [2.05, 4.69) is 6.07 Å². The minimum absolute atomic E-state index is 0.0679. The first-order valence-electron chi connectivity index (χ1n) is 6.86. The highest BCUT2D eigenvalue weighted by Gasteiger charge is 2.08. The first kappa shape index (κ1) is 16.2. The van der Waals surface area contributed by atoms with Crippen molar-refractivity contribution in [2.75, 3.05) is 31.4 Å². The average Bonchev–Trinajstić information content (AvgIpc) is 2.56. The van der Waals surface area contributed by atoms with Crippen LogP contribution in [-0.4, -0.2) is 31.6 Å². The molecule has 0 saturated heterocycles. The number of rotatable bonds is 6. The maximum absolute atomic E-state index is 9.31. The molecule has 0 saturated carbocycles. The van der Waals surface area contributed by atoms with Gasteiger partial charge in [-0.3, -0.25) is 0 Å². The van der Waals surface area contributed by atoms with Gasteiger partial charge < -0.3 is 14.7 Å². The zero-order chi connectivity index (χ0) is 15.9. The molecule has 0 atom stereocenters. The van der Waals surface area contributed by atoms with E-state index in [0.29, 0.717) is 23.6 Å². The standard InChI is InChI=1S/C17H18N2O2S/c1-19(9-10-20)14-3-8-17(13(11-14)12-18)21-15-4-6-16(22-2)7-5-15/h3-8,11,20H,9-10H2,1-2H3. The summed E-state index contributed by atoms with van der Waals surface area (Å²) in [5.41, 5.74) is 1.34. The van der Waals surface area contributed by atoms with Crippen LogP contribution in [0.25, 0.3) is 0 Å². The number of aliphatic hydroxyl groups is 1. The predicted molar refractivity (Wildman–Crippen MR) is 89.8 cm³/mol. The van der Waals surface area contributed by atoms with Crippen molar-refractivity contribution in [1.82, 2.24) is 0 Å². The Balaban J connectivity index is 2.21. The third-order valence-corrected chi connectivity index (χ3v) is 3.99. The molecule has 0 bridgehead atoms. The largest absolute Gasteiger partial charge is 0.456 e. The van der Waals surface area contributed by atoms with Gasteiger partial charge in [0, 0.05) is 24.2 Å². The summed E-state index contributed by atoms with van der Waals surface area (Å²) in [5.74, 6) is 1.23. The highest BCUT2D eigenvalue weighted by molar-refractivity contribution is 7.98. The summed E-state index contributed by atoms with van der Waals surface area (Å²) in [5, 5.41) is 18.3. The van der Waals surface area contributed by atoms with E-state index in [9.17, 15) is 5.26 Å². The minimum Gasteiger partial charge on any atom is -0.456 e. The number of likely N-dealkylation sites (N-methyl/N-ethyl adjacent to an activating group) is 1. The monoisotopic (exact) mass is 314 g/mol. The Bertz CT molecular complexity index is 665. The molecule has 0 amide bonds. The van der Waals surface area contributed by atoms with Crippen LogP contribution in [0.15, 0.2) is 47.4 Å². The second-order valence-corrected chi connectivity index (χ2v) is 5.59. The lowest BCUT2D eigenvalue weighted by atomic mass is 10.2. The molecule has 0 aromatic heterocycles. The number of ether oxygens (including phenoxy) is 1. The van der Waals surface area contributed by atoms with Crippen molar-refractivity contribution in [2.24, 2.45) is 0 Å². The number of anilines is 1. The Morgan fingerprint density at radius 3 is 2.55 bits per heavy atom. The van der Waals surface area contributed by atoms with Gasteiger partial charge in [0.15, 0.2) is 0 Å². The summed E-state index contributed by atoms with van der Waals surface area (Å²) in [6.07, 6.45) is 2.02. The van der Waals surface area contributed by atoms with Gasteiger partial charge in [-0.25, -0.2) is 0 Å². The average molecular weight is 314 g/mol. The number of thioether (sulfide) groups is 1. The highest BCUT2D eigenvalue weighted by atomic mass is 32.2. The quantitative estimate of drug-likeness (QED) is 0.827. The fourth-order valence-corrected chi connectivity index (χ4v) is 2.39. The molecule has 0 fully saturated rings. The van der Waals surface area contributed by atoms with Gasteiger partial charge >= 0.3 is 0 Å². The molecule has 2 rings (SSSR count). The molecule has 0 aliphatic rings. The second kappa shape index (κ2) is 7.74. The van der Waals surface area contributed by atoms with Gasteiger partial charge in [0.2, 0.25) is 0 Å². The number of aliphatic hydroxyl groups excluding tert-OH is 1. The molecule has 0 unspecified atom stereocenters. The SMILES string of the molecule is CSc1ccc(Oc2ccc(N(C)CCO)cc2C#N)cc1. The van der Waals surface area contributed by atoms with Gasteiger partial charge in [0.25, 0.3) is 0 Å². The zero-order valence-corrected chi connectivity index (χ0v) is 13.4. The number of hydrogen-bond donors (Lipinski definition) is 1. The van der Waals surface area contributed by atoms with E-state index in [0.717, 1.165) is 10.6 Å². The van der Waals surface area contributed by atoms with E-state index in [1.807, 2.05) is 48.5 Å². The maximum Gasteiger partial charge on any atom is 0.145 e. The lowest BCUT2D eigenvalue weighted by Crippen LogP contribution is -2.21. The molecular formula is C17H18N2O2S. The first-order valence-corrected chi connectivity index (χ1v) is 8.08. The van der Waals surface area contributed by atoms with Crippen LogP contribution in [0.3, 0.4) is 0 Å². The highest BCUT2D eigenvalue weighted by Crippen LogP contribution is 2.29. The zero-order valence-electron chi connectivity index (χ0n) is 12.6. The van der Waals surface area contributed by atoms with E-state index >= 15 is 0 Å². The summed E-state index contributed by atoms with van der Waals surface area (Å²) < 4.78 is 5.79. The fourth-order valence-electron chi connectivity index (χ4n) is 1.98. The van der Waals surface area contributed by atoms with E-state index < -0.39 is 0 Å².